The summed E-state index contributed by atoms with van der Waals surface area (Å²) in [5.74, 6) is -1.97. The molecular weight excluding hydrogens is 292 g/mol. The number of amides is 1. The molecule has 0 spiro atoms. The Labute approximate surface area is 129 Å². The van der Waals surface area contributed by atoms with Crippen LogP contribution in [0.2, 0.25) is 0 Å². The molecule has 0 aliphatic carbocycles. The zero-order valence-corrected chi connectivity index (χ0v) is 13.2. The van der Waals surface area contributed by atoms with Crippen molar-refractivity contribution in [3.05, 3.63) is 35.4 Å². The number of carbonyl (C=O) groups is 1. The molecule has 22 heavy (non-hydrogen) atoms. The number of hydrogen-bond acceptors (Lipinski definition) is 3. The number of aliphatic hydroxyl groups is 1. The third-order valence-electron chi connectivity index (χ3n) is 3.35. The van der Waals surface area contributed by atoms with Crippen molar-refractivity contribution in [2.24, 2.45) is 0 Å². The van der Waals surface area contributed by atoms with Crippen LogP contribution in [0, 0.1) is 11.6 Å². The summed E-state index contributed by atoms with van der Waals surface area (Å²) in [5, 5.41) is 12.8. The van der Waals surface area contributed by atoms with E-state index in [4.69, 9.17) is 4.74 Å². The second kappa shape index (κ2) is 8.19. The van der Waals surface area contributed by atoms with Gasteiger partial charge in [-0.15, -0.1) is 0 Å². The Hall–Kier alpha value is -1.53. The van der Waals surface area contributed by atoms with Crippen molar-refractivity contribution in [3.8, 4) is 0 Å². The lowest BCUT2D eigenvalue weighted by molar-refractivity contribution is -0.133. The number of nitrogens with one attached hydrogen (secondary N) is 1. The van der Waals surface area contributed by atoms with Crippen LogP contribution in [0.15, 0.2) is 18.2 Å². The average molecular weight is 315 g/mol. The fourth-order valence-corrected chi connectivity index (χ4v) is 1.90. The number of unbranched alkanes of at least 4 members (excludes halogenated alkanes) is 1. The Kier molecular flexibility index (Phi) is 6.90. The molecule has 0 saturated heterocycles. The molecule has 4 nitrogen and oxygen atoms in total. The monoisotopic (exact) mass is 315 g/mol. The summed E-state index contributed by atoms with van der Waals surface area (Å²) in [7, 11) is 0. The quantitative estimate of drug-likeness (QED) is 0.725. The van der Waals surface area contributed by atoms with Gasteiger partial charge in [-0.1, -0.05) is 19.4 Å². The van der Waals surface area contributed by atoms with Crippen LogP contribution in [-0.2, 0) is 15.1 Å². The van der Waals surface area contributed by atoms with E-state index in [9.17, 15) is 18.7 Å². The van der Waals surface area contributed by atoms with Crippen LogP contribution in [0.5, 0.6) is 0 Å². The molecule has 0 aliphatic rings. The number of ether oxygens (including phenoxy) is 1. The highest BCUT2D eigenvalue weighted by Crippen LogP contribution is 2.23. The van der Waals surface area contributed by atoms with Gasteiger partial charge in [0.05, 0.1) is 6.54 Å². The molecule has 1 rings (SSSR count). The van der Waals surface area contributed by atoms with E-state index in [2.05, 4.69) is 5.32 Å². The molecule has 0 fully saturated rings. The molecule has 2 N–H and O–H groups in total. The predicted octanol–water partition coefficient (Wildman–Crippen LogP) is 2.49. The maximum absolute atomic E-state index is 13.7. The van der Waals surface area contributed by atoms with Crippen LogP contribution in [0.25, 0.3) is 0 Å². The highest BCUT2D eigenvalue weighted by molar-refractivity contribution is 5.80. The summed E-state index contributed by atoms with van der Waals surface area (Å²) in [6.07, 6.45) is 1.17. The molecule has 0 heterocycles. The highest BCUT2D eigenvalue weighted by Gasteiger charge is 2.28. The Bertz CT molecular complexity index is 506. The number of hydrogen-bond donors (Lipinski definition) is 2. The second-order valence-electron chi connectivity index (χ2n) is 5.48. The third kappa shape index (κ3) is 5.35. The standard InChI is InChI=1S/C16H23F2NO3/c1-4-5-8-22-11(2)15(20)19-10-16(3,21)13-7-6-12(17)9-14(13)18/h6-7,9,11,21H,4-5,8,10H2,1-3H3,(H,19,20). The molecule has 1 amide bonds. The van der Waals surface area contributed by atoms with Crippen LogP contribution in [0.3, 0.4) is 0 Å². The zero-order valence-electron chi connectivity index (χ0n) is 13.2. The molecule has 124 valence electrons. The van der Waals surface area contributed by atoms with Crippen molar-refractivity contribution >= 4 is 5.91 Å². The average Bonchev–Trinajstić information content (AvgIpc) is 2.44. The summed E-state index contributed by atoms with van der Waals surface area (Å²) >= 11 is 0. The summed E-state index contributed by atoms with van der Waals surface area (Å²) in [6, 6.07) is 2.92. The van der Waals surface area contributed by atoms with E-state index >= 15 is 0 Å². The van der Waals surface area contributed by atoms with Crippen molar-refractivity contribution in [1.82, 2.24) is 5.32 Å². The van der Waals surface area contributed by atoms with E-state index in [1.165, 1.54) is 6.92 Å². The lowest BCUT2D eigenvalue weighted by atomic mass is 9.95. The molecular formula is C16H23F2NO3. The topological polar surface area (TPSA) is 58.6 Å². The molecule has 6 heteroatoms. The number of carbonyl (C=O) groups excluding carboxylic acids is 1. The largest absolute Gasteiger partial charge is 0.383 e. The van der Waals surface area contributed by atoms with Crippen molar-refractivity contribution in [2.45, 2.75) is 45.3 Å². The molecule has 2 atom stereocenters. The summed E-state index contributed by atoms with van der Waals surface area (Å²) in [5.41, 5.74) is -1.72. The van der Waals surface area contributed by atoms with Gasteiger partial charge in [0.15, 0.2) is 0 Å². The van der Waals surface area contributed by atoms with Gasteiger partial charge in [-0.25, -0.2) is 8.78 Å². The van der Waals surface area contributed by atoms with E-state index in [-0.39, 0.29) is 18.0 Å². The van der Waals surface area contributed by atoms with E-state index in [0.29, 0.717) is 12.7 Å². The van der Waals surface area contributed by atoms with Gasteiger partial charge in [0.1, 0.15) is 23.3 Å². The van der Waals surface area contributed by atoms with Gasteiger partial charge in [0, 0.05) is 18.2 Å². The van der Waals surface area contributed by atoms with Gasteiger partial charge in [0.25, 0.3) is 0 Å². The maximum atomic E-state index is 13.7. The Morgan fingerprint density at radius 3 is 2.73 bits per heavy atom. The minimum Gasteiger partial charge on any atom is -0.383 e. The van der Waals surface area contributed by atoms with Gasteiger partial charge in [0.2, 0.25) is 5.91 Å². The van der Waals surface area contributed by atoms with Crippen LogP contribution in [0.1, 0.15) is 39.2 Å². The predicted molar refractivity (Wildman–Crippen MR) is 79.3 cm³/mol. The lowest BCUT2D eigenvalue weighted by Crippen LogP contribution is -2.43. The Morgan fingerprint density at radius 1 is 1.45 bits per heavy atom. The van der Waals surface area contributed by atoms with E-state index in [0.717, 1.165) is 25.0 Å². The van der Waals surface area contributed by atoms with Gasteiger partial charge >= 0.3 is 0 Å². The van der Waals surface area contributed by atoms with Crippen molar-refractivity contribution in [3.63, 3.8) is 0 Å². The molecule has 0 saturated carbocycles. The number of halogens is 2. The van der Waals surface area contributed by atoms with Crippen molar-refractivity contribution < 1.29 is 23.4 Å². The normalized spacial score (nSPS) is 15.2. The fourth-order valence-electron chi connectivity index (χ4n) is 1.90. The molecule has 2 unspecified atom stereocenters. The Morgan fingerprint density at radius 2 is 2.14 bits per heavy atom. The first kappa shape index (κ1) is 18.5. The van der Waals surface area contributed by atoms with Gasteiger partial charge < -0.3 is 15.2 Å². The molecule has 0 bridgehead atoms. The minimum absolute atomic E-state index is 0.0752. The van der Waals surface area contributed by atoms with Crippen LogP contribution in [0.4, 0.5) is 8.78 Å². The van der Waals surface area contributed by atoms with Crippen LogP contribution >= 0.6 is 0 Å². The summed E-state index contributed by atoms with van der Waals surface area (Å²) in [4.78, 5) is 11.9. The van der Waals surface area contributed by atoms with Crippen molar-refractivity contribution in [1.29, 1.82) is 0 Å². The highest BCUT2D eigenvalue weighted by atomic mass is 19.1. The molecule has 0 aromatic heterocycles. The minimum atomic E-state index is -1.64. The molecule has 1 aromatic carbocycles. The summed E-state index contributed by atoms with van der Waals surface area (Å²) < 4.78 is 31.9. The van der Waals surface area contributed by atoms with Gasteiger partial charge in [-0.3, -0.25) is 4.79 Å². The van der Waals surface area contributed by atoms with Crippen LogP contribution in [-0.4, -0.2) is 30.3 Å². The Balaban J connectivity index is 2.59. The second-order valence-corrected chi connectivity index (χ2v) is 5.48. The van der Waals surface area contributed by atoms with E-state index in [1.54, 1.807) is 6.92 Å². The molecule has 0 radical (unpaired) electrons. The first-order valence-corrected chi connectivity index (χ1v) is 7.35. The fraction of sp³-hybridized carbons (Fsp3) is 0.562. The zero-order chi connectivity index (χ0) is 16.8. The third-order valence-corrected chi connectivity index (χ3v) is 3.35. The number of rotatable bonds is 8. The smallest absolute Gasteiger partial charge is 0.248 e. The first-order valence-electron chi connectivity index (χ1n) is 7.35. The van der Waals surface area contributed by atoms with Crippen molar-refractivity contribution in [2.75, 3.05) is 13.2 Å². The molecule has 1 aromatic rings. The molecule has 0 aliphatic heterocycles. The first-order chi connectivity index (χ1) is 10.3. The van der Waals surface area contributed by atoms with Gasteiger partial charge in [-0.05, 0) is 26.3 Å². The summed E-state index contributed by atoms with van der Waals surface area (Å²) in [6.45, 7) is 5.26. The number of benzene rings is 1. The lowest BCUT2D eigenvalue weighted by Gasteiger charge is -2.25. The van der Waals surface area contributed by atoms with E-state index in [1.807, 2.05) is 6.92 Å². The van der Waals surface area contributed by atoms with Crippen LogP contribution < -0.4 is 5.32 Å². The van der Waals surface area contributed by atoms with E-state index < -0.39 is 23.3 Å². The van der Waals surface area contributed by atoms with Gasteiger partial charge in [-0.2, -0.15) is 0 Å². The SMILES string of the molecule is CCCCOC(C)C(=O)NCC(C)(O)c1ccc(F)cc1F. The maximum Gasteiger partial charge on any atom is 0.248 e.